The Morgan fingerprint density at radius 3 is 2.18 bits per heavy atom. The van der Waals surface area contributed by atoms with Crippen LogP contribution in [0, 0.1) is 0 Å². The van der Waals surface area contributed by atoms with Gasteiger partial charge in [0.05, 0.1) is 12.2 Å². The molecular weight excluding hydrogens is 280 g/mol. The predicted octanol–water partition coefficient (Wildman–Crippen LogP) is 3.83. The van der Waals surface area contributed by atoms with E-state index in [2.05, 4.69) is 6.92 Å². The smallest absolute Gasteiger partial charge is 0.328 e. The summed E-state index contributed by atoms with van der Waals surface area (Å²) in [5.41, 5.74) is 0. The molecule has 0 fully saturated rings. The maximum Gasteiger partial charge on any atom is 0.328 e. The molecular formula is C18H32O4. The predicted molar refractivity (Wildman–Crippen MR) is 89.8 cm³/mol. The van der Waals surface area contributed by atoms with Crippen LogP contribution >= 0.6 is 0 Å². The molecule has 0 amide bonds. The molecule has 0 saturated heterocycles. The van der Waals surface area contributed by atoms with Crippen LogP contribution < -0.4 is 0 Å². The van der Waals surface area contributed by atoms with E-state index in [0.717, 1.165) is 18.9 Å². The van der Waals surface area contributed by atoms with Crippen LogP contribution in [0.4, 0.5) is 0 Å². The summed E-state index contributed by atoms with van der Waals surface area (Å²) in [6, 6.07) is 0. The van der Waals surface area contributed by atoms with Gasteiger partial charge in [0.25, 0.3) is 0 Å². The molecule has 0 spiro atoms. The van der Waals surface area contributed by atoms with Gasteiger partial charge in [-0.3, -0.25) is 0 Å². The second-order valence-corrected chi connectivity index (χ2v) is 5.79. The number of rotatable bonds is 14. The van der Waals surface area contributed by atoms with Crippen LogP contribution in [0.3, 0.4) is 0 Å². The molecule has 0 aromatic heterocycles. The molecule has 0 aliphatic rings. The standard InChI is InChI=1S/C18H32O4/c1-2-3-4-5-8-11-16(19)14-15-17(20)12-9-6-7-10-13-18(21)22/h6-7,10,13,16-17,19-20H,2-5,8-9,11-12,14-15H2,1H3,(H,21,22). The Bertz CT molecular complexity index is 323. The largest absolute Gasteiger partial charge is 0.478 e. The van der Waals surface area contributed by atoms with Crippen LogP contribution in [0.25, 0.3) is 0 Å². The molecule has 4 heteroatoms. The van der Waals surface area contributed by atoms with E-state index < -0.39 is 12.1 Å². The van der Waals surface area contributed by atoms with Crippen LogP contribution in [-0.4, -0.2) is 33.5 Å². The minimum absolute atomic E-state index is 0.301. The summed E-state index contributed by atoms with van der Waals surface area (Å²) >= 11 is 0. The van der Waals surface area contributed by atoms with Gasteiger partial charge in [-0.2, -0.15) is 0 Å². The van der Waals surface area contributed by atoms with Crippen molar-refractivity contribution >= 4 is 5.97 Å². The fourth-order valence-electron chi connectivity index (χ4n) is 2.26. The lowest BCUT2D eigenvalue weighted by Gasteiger charge is -2.13. The molecule has 0 aliphatic heterocycles. The third-order valence-electron chi connectivity index (χ3n) is 3.63. The maximum absolute atomic E-state index is 10.2. The fourth-order valence-corrected chi connectivity index (χ4v) is 2.26. The monoisotopic (exact) mass is 312 g/mol. The first kappa shape index (κ1) is 20.9. The number of hydrogen-bond acceptors (Lipinski definition) is 3. The quantitative estimate of drug-likeness (QED) is 0.259. The average molecular weight is 312 g/mol. The van der Waals surface area contributed by atoms with E-state index in [0.29, 0.717) is 25.7 Å². The zero-order chi connectivity index (χ0) is 16.6. The number of carboxylic acid groups (broad SMARTS) is 1. The highest BCUT2D eigenvalue weighted by molar-refractivity contribution is 5.80. The first-order chi connectivity index (χ1) is 10.6. The lowest BCUT2D eigenvalue weighted by atomic mass is 10.0. The van der Waals surface area contributed by atoms with Crippen molar-refractivity contribution in [2.75, 3.05) is 0 Å². The normalized spacial score (nSPS) is 14.7. The van der Waals surface area contributed by atoms with Gasteiger partial charge in [-0.1, -0.05) is 57.3 Å². The summed E-state index contributed by atoms with van der Waals surface area (Å²) in [6.45, 7) is 2.19. The first-order valence-electron chi connectivity index (χ1n) is 8.48. The van der Waals surface area contributed by atoms with Crippen molar-refractivity contribution in [2.24, 2.45) is 0 Å². The van der Waals surface area contributed by atoms with Crippen molar-refractivity contribution in [3.63, 3.8) is 0 Å². The number of hydrogen-bond donors (Lipinski definition) is 3. The SMILES string of the molecule is CCCCCCCC(O)CCC(O)CCC=CC=CC(=O)O. The van der Waals surface area contributed by atoms with Gasteiger partial charge < -0.3 is 15.3 Å². The second kappa shape index (κ2) is 14.8. The summed E-state index contributed by atoms with van der Waals surface area (Å²) in [5.74, 6) is -0.964. The van der Waals surface area contributed by atoms with Gasteiger partial charge in [-0.05, 0) is 32.1 Å². The Balaban J connectivity index is 3.54. The number of aliphatic hydroxyl groups is 2. The van der Waals surface area contributed by atoms with Crippen LogP contribution in [0.15, 0.2) is 24.3 Å². The third kappa shape index (κ3) is 15.3. The van der Waals surface area contributed by atoms with E-state index in [1.54, 1.807) is 6.08 Å². The molecule has 2 atom stereocenters. The summed E-state index contributed by atoms with van der Waals surface area (Å²) in [7, 11) is 0. The minimum Gasteiger partial charge on any atom is -0.478 e. The zero-order valence-electron chi connectivity index (χ0n) is 13.8. The van der Waals surface area contributed by atoms with Crippen molar-refractivity contribution in [1.82, 2.24) is 0 Å². The van der Waals surface area contributed by atoms with E-state index in [4.69, 9.17) is 5.11 Å². The van der Waals surface area contributed by atoms with Crippen molar-refractivity contribution in [3.05, 3.63) is 24.3 Å². The first-order valence-corrected chi connectivity index (χ1v) is 8.48. The van der Waals surface area contributed by atoms with E-state index in [1.807, 2.05) is 6.08 Å². The highest BCUT2D eigenvalue weighted by Gasteiger charge is 2.08. The van der Waals surface area contributed by atoms with Crippen molar-refractivity contribution < 1.29 is 20.1 Å². The van der Waals surface area contributed by atoms with Gasteiger partial charge in [0.2, 0.25) is 0 Å². The molecule has 3 N–H and O–H groups in total. The molecule has 0 heterocycles. The van der Waals surface area contributed by atoms with E-state index >= 15 is 0 Å². The average Bonchev–Trinajstić information content (AvgIpc) is 2.48. The molecule has 0 rings (SSSR count). The summed E-state index contributed by atoms with van der Waals surface area (Å²) in [5, 5.41) is 28.1. The third-order valence-corrected chi connectivity index (χ3v) is 3.63. The molecule has 2 unspecified atom stereocenters. The Kier molecular flexibility index (Phi) is 14.0. The molecule has 4 nitrogen and oxygen atoms in total. The highest BCUT2D eigenvalue weighted by Crippen LogP contribution is 2.13. The lowest BCUT2D eigenvalue weighted by molar-refractivity contribution is -0.131. The molecule has 0 aliphatic carbocycles. The van der Waals surface area contributed by atoms with E-state index in [-0.39, 0.29) is 6.10 Å². The summed E-state index contributed by atoms with van der Waals surface area (Å²) in [4.78, 5) is 10.2. The molecule has 0 saturated carbocycles. The van der Waals surface area contributed by atoms with Gasteiger partial charge in [0.15, 0.2) is 0 Å². The van der Waals surface area contributed by atoms with Gasteiger partial charge in [0.1, 0.15) is 0 Å². The van der Waals surface area contributed by atoms with E-state index in [1.165, 1.54) is 31.8 Å². The molecule has 0 aromatic rings. The van der Waals surface area contributed by atoms with Gasteiger partial charge in [0, 0.05) is 6.08 Å². The summed E-state index contributed by atoms with van der Waals surface area (Å²) < 4.78 is 0. The molecule has 128 valence electrons. The maximum atomic E-state index is 10.2. The second-order valence-electron chi connectivity index (χ2n) is 5.79. The number of carboxylic acids is 1. The minimum atomic E-state index is -0.964. The van der Waals surface area contributed by atoms with Gasteiger partial charge in [-0.15, -0.1) is 0 Å². The highest BCUT2D eigenvalue weighted by atomic mass is 16.4. The van der Waals surface area contributed by atoms with Crippen LogP contribution in [0.2, 0.25) is 0 Å². The molecule has 0 aromatic carbocycles. The zero-order valence-corrected chi connectivity index (χ0v) is 13.8. The van der Waals surface area contributed by atoms with Crippen LogP contribution in [0.5, 0.6) is 0 Å². The molecule has 22 heavy (non-hydrogen) atoms. The lowest BCUT2D eigenvalue weighted by Crippen LogP contribution is -2.13. The van der Waals surface area contributed by atoms with Crippen LogP contribution in [-0.2, 0) is 4.79 Å². The summed E-state index contributed by atoms with van der Waals surface area (Å²) in [6.07, 6.45) is 14.8. The topological polar surface area (TPSA) is 77.8 Å². The van der Waals surface area contributed by atoms with Gasteiger partial charge in [-0.25, -0.2) is 4.79 Å². The Morgan fingerprint density at radius 1 is 0.909 bits per heavy atom. The number of aliphatic carboxylic acids is 1. The number of allylic oxidation sites excluding steroid dienone is 3. The van der Waals surface area contributed by atoms with E-state index in [9.17, 15) is 15.0 Å². The van der Waals surface area contributed by atoms with Crippen molar-refractivity contribution in [2.45, 2.75) is 83.3 Å². The molecule has 0 bridgehead atoms. The van der Waals surface area contributed by atoms with Crippen molar-refractivity contribution in [1.29, 1.82) is 0 Å². The number of aliphatic hydroxyl groups excluding tert-OH is 2. The number of carbonyl (C=O) groups is 1. The Hall–Kier alpha value is -1.13. The van der Waals surface area contributed by atoms with Crippen LogP contribution in [0.1, 0.15) is 71.1 Å². The fraction of sp³-hybridized carbons (Fsp3) is 0.722. The Labute approximate surface area is 134 Å². The number of unbranched alkanes of at least 4 members (excludes halogenated alkanes) is 4. The molecule has 0 radical (unpaired) electrons. The van der Waals surface area contributed by atoms with Gasteiger partial charge >= 0.3 is 5.97 Å². The van der Waals surface area contributed by atoms with Crippen molar-refractivity contribution in [3.8, 4) is 0 Å². The Morgan fingerprint density at radius 2 is 1.55 bits per heavy atom.